The van der Waals surface area contributed by atoms with E-state index >= 15 is 0 Å². The van der Waals surface area contributed by atoms with Crippen molar-refractivity contribution in [3.63, 3.8) is 0 Å². The van der Waals surface area contributed by atoms with E-state index in [1.54, 1.807) is 17.1 Å². The largest absolute Gasteiger partial charge is 0.369 e. The van der Waals surface area contributed by atoms with Crippen LogP contribution >= 0.6 is 0 Å². The zero-order valence-corrected chi connectivity index (χ0v) is 15.4. The van der Waals surface area contributed by atoms with Crippen LogP contribution < -0.4 is 15.5 Å². The lowest BCUT2D eigenvalue weighted by atomic mass is 10.0. The first-order valence-electron chi connectivity index (χ1n) is 9.15. The maximum Gasteiger partial charge on any atom is 0.255 e. The van der Waals surface area contributed by atoms with Gasteiger partial charge >= 0.3 is 0 Å². The lowest BCUT2D eigenvalue weighted by Gasteiger charge is -2.29. The Morgan fingerprint density at radius 3 is 2.56 bits per heavy atom. The van der Waals surface area contributed by atoms with Crippen molar-refractivity contribution in [1.82, 2.24) is 15.1 Å². The smallest absolute Gasteiger partial charge is 0.255 e. The summed E-state index contributed by atoms with van der Waals surface area (Å²) in [5, 5.41) is 10.3. The number of aromatic nitrogens is 2. The minimum Gasteiger partial charge on any atom is -0.369 e. The second-order valence-corrected chi connectivity index (χ2v) is 6.72. The van der Waals surface area contributed by atoms with E-state index in [0.29, 0.717) is 11.3 Å². The molecular formula is C21H23N5O. The van der Waals surface area contributed by atoms with Gasteiger partial charge in [0.15, 0.2) is 0 Å². The summed E-state index contributed by atoms with van der Waals surface area (Å²) in [6, 6.07) is 16.2. The number of benzene rings is 2. The second kappa shape index (κ2) is 7.63. The molecule has 0 atom stereocenters. The fourth-order valence-electron chi connectivity index (χ4n) is 3.33. The SMILES string of the molecule is Cn1cc(NC(=O)c2cccc(-c3cccc(N4CCNCC4)c3)c2)cn1. The standard InChI is InChI=1S/C21H23N5O/c1-25-15-19(14-23-25)24-21(27)18-6-2-4-16(12-18)17-5-3-7-20(13-17)26-10-8-22-9-11-26/h2-7,12-15,22H,8-11H2,1H3,(H,24,27). The number of aryl methyl sites for hydroxylation is 1. The van der Waals surface area contributed by atoms with E-state index in [0.717, 1.165) is 37.3 Å². The number of carbonyl (C=O) groups excluding carboxylic acids is 1. The summed E-state index contributed by atoms with van der Waals surface area (Å²) >= 11 is 0. The van der Waals surface area contributed by atoms with E-state index in [1.807, 2.05) is 31.3 Å². The summed E-state index contributed by atoms with van der Waals surface area (Å²) in [6.45, 7) is 4.04. The molecule has 2 aromatic carbocycles. The molecule has 0 unspecified atom stereocenters. The molecule has 1 saturated heterocycles. The van der Waals surface area contributed by atoms with Crippen molar-refractivity contribution in [2.45, 2.75) is 0 Å². The van der Waals surface area contributed by atoms with E-state index < -0.39 is 0 Å². The van der Waals surface area contributed by atoms with Crippen molar-refractivity contribution in [2.75, 3.05) is 36.4 Å². The molecule has 6 nitrogen and oxygen atoms in total. The molecule has 2 N–H and O–H groups in total. The topological polar surface area (TPSA) is 62.2 Å². The summed E-state index contributed by atoms with van der Waals surface area (Å²) in [6.07, 6.45) is 3.41. The number of carbonyl (C=O) groups is 1. The average molecular weight is 361 g/mol. The van der Waals surface area contributed by atoms with Gasteiger partial charge < -0.3 is 15.5 Å². The average Bonchev–Trinajstić information content (AvgIpc) is 3.13. The molecule has 0 spiro atoms. The van der Waals surface area contributed by atoms with Gasteiger partial charge in [0.2, 0.25) is 0 Å². The van der Waals surface area contributed by atoms with Crippen LogP contribution in [0.25, 0.3) is 11.1 Å². The maximum atomic E-state index is 12.6. The number of hydrogen-bond acceptors (Lipinski definition) is 4. The quantitative estimate of drug-likeness (QED) is 0.750. The van der Waals surface area contributed by atoms with Crippen molar-refractivity contribution in [1.29, 1.82) is 0 Å². The van der Waals surface area contributed by atoms with Crippen LogP contribution in [0.1, 0.15) is 10.4 Å². The zero-order valence-electron chi connectivity index (χ0n) is 15.4. The van der Waals surface area contributed by atoms with E-state index in [9.17, 15) is 4.79 Å². The van der Waals surface area contributed by atoms with Crippen LogP contribution in [0.2, 0.25) is 0 Å². The monoisotopic (exact) mass is 361 g/mol. The minimum atomic E-state index is -0.136. The Hall–Kier alpha value is -3.12. The molecule has 1 aliphatic rings. The maximum absolute atomic E-state index is 12.6. The summed E-state index contributed by atoms with van der Waals surface area (Å²) in [4.78, 5) is 14.9. The third-order valence-corrected chi connectivity index (χ3v) is 4.75. The van der Waals surface area contributed by atoms with Crippen LogP contribution in [0.3, 0.4) is 0 Å². The molecule has 27 heavy (non-hydrogen) atoms. The van der Waals surface area contributed by atoms with Crippen LogP contribution in [-0.2, 0) is 7.05 Å². The fraction of sp³-hybridized carbons (Fsp3) is 0.238. The fourth-order valence-corrected chi connectivity index (χ4v) is 3.33. The number of nitrogens with zero attached hydrogens (tertiary/aromatic N) is 3. The highest BCUT2D eigenvalue weighted by molar-refractivity contribution is 6.04. The van der Waals surface area contributed by atoms with Crippen molar-refractivity contribution in [3.05, 3.63) is 66.5 Å². The van der Waals surface area contributed by atoms with Gasteiger partial charge in [0.1, 0.15) is 0 Å². The highest BCUT2D eigenvalue weighted by Gasteiger charge is 2.12. The zero-order chi connectivity index (χ0) is 18.6. The van der Waals surface area contributed by atoms with Crippen LogP contribution in [0.15, 0.2) is 60.9 Å². The Morgan fingerprint density at radius 2 is 1.81 bits per heavy atom. The van der Waals surface area contributed by atoms with Crippen LogP contribution in [0.4, 0.5) is 11.4 Å². The van der Waals surface area contributed by atoms with Gasteiger partial charge in [-0.15, -0.1) is 0 Å². The number of anilines is 2. The van der Waals surface area contributed by atoms with Crippen LogP contribution in [-0.4, -0.2) is 41.9 Å². The van der Waals surface area contributed by atoms with Crippen molar-refractivity contribution < 1.29 is 4.79 Å². The first-order valence-corrected chi connectivity index (χ1v) is 9.15. The third-order valence-electron chi connectivity index (χ3n) is 4.75. The lowest BCUT2D eigenvalue weighted by Crippen LogP contribution is -2.43. The van der Waals surface area contributed by atoms with Crippen molar-refractivity contribution in [3.8, 4) is 11.1 Å². The van der Waals surface area contributed by atoms with Gasteiger partial charge in [-0.3, -0.25) is 9.48 Å². The van der Waals surface area contributed by atoms with Gasteiger partial charge in [-0.25, -0.2) is 0 Å². The molecule has 1 aromatic heterocycles. The van der Waals surface area contributed by atoms with Gasteiger partial charge in [0.05, 0.1) is 11.9 Å². The number of piperazine rings is 1. The predicted octanol–water partition coefficient (Wildman–Crippen LogP) is 2.75. The second-order valence-electron chi connectivity index (χ2n) is 6.72. The number of nitrogens with one attached hydrogen (secondary N) is 2. The Labute approximate surface area is 158 Å². The highest BCUT2D eigenvalue weighted by atomic mass is 16.1. The van der Waals surface area contributed by atoms with Gasteiger partial charge in [-0.2, -0.15) is 5.10 Å². The number of amides is 1. The van der Waals surface area contributed by atoms with Crippen molar-refractivity contribution >= 4 is 17.3 Å². The molecule has 138 valence electrons. The molecule has 1 amide bonds. The summed E-state index contributed by atoms with van der Waals surface area (Å²) < 4.78 is 1.66. The summed E-state index contributed by atoms with van der Waals surface area (Å²) in [5.41, 5.74) is 4.68. The Kier molecular flexibility index (Phi) is 4.89. The van der Waals surface area contributed by atoms with Gasteiger partial charge in [-0.05, 0) is 35.4 Å². The molecule has 0 bridgehead atoms. The van der Waals surface area contributed by atoms with Crippen LogP contribution in [0, 0.1) is 0 Å². The molecule has 6 heteroatoms. The minimum absolute atomic E-state index is 0.136. The van der Waals surface area contributed by atoms with Gasteiger partial charge in [0.25, 0.3) is 5.91 Å². The molecule has 0 saturated carbocycles. The van der Waals surface area contributed by atoms with Gasteiger partial charge in [0, 0.05) is 50.7 Å². The van der Waals surface area contributed by atoms with E-state index in [2.05, 4.69) is 44.9 Å². The highest BCUT2D eigenvalue weighted by Crippen LogP contribution is 2.26. The Bertz CT molecular complexity index is 943. The van der Waals surface area contributed by atoms with E-state index in [4.69, 9.17) is 0 Å². The predicted molar refractivity (Wildman–Crippen MR) is 108 cm³/mol. The Balaban J connectivity index is 1.56. The number of rotatable bonds is 4. The van der Waals surface area contributed by atoms with Gasteiger partial charge in [-0.1, -0.05) is 24.3 Å². The van der Waals surface area contributed by atoms with E-state index in [-0.39, 0.29) is 5.91 Å². The molecule has 4 rings (SSSR count). The first kappa shape index (κ1) is 17.3. The summed E-state index contributed by atoms with van der Waals surface area (Å²) in [5.74, 6) is -0.136. The molecule has 0 aliphatic carbocycles. The molecule has 3 aromatic rings. The normalized spacial score (nSPS) is 14.2. The Morgan fingerprint density at radius 1 is 1.07 bits per heavy atom. The van der Waals surface area contributed by atoms with E-state index in [1.165, 1.54) is 5.69 Å². The number of hydrogen-bond donors (Lipinski definition) is 2. The molecule has 1 aliphatic heterocycles. The first-order chi connectivity index (χ1) is 13.2. The molecule has 1 fully saturated rings. The molecule has 0 radical (unpaired) electrons. The third kappa shape index (κ3) is 4.01. The molecular weight excluding hydrogens is 338 g/mol. The lowest BCUT2D eigenvalue weighted by molar-refractivity contribution is 0.102. The van der Waals surface area contributed by atoms with Crippen molar-refractivity contribution in [2.24, 2.45) is 7.05 Å². The summed E-state index contributed by atoms with van der Waals surface area (Å²) in [7, 11) is 1.82. The van der Waals surface area contributed by atoms with Crippen LogP contribution in [0.5, 0.6) is 0 Å². The molecule has 2 heterocycles.